The molecular formula is C12H18BrN. The van der Waals surface area contributed by atoms with Crippen LogP contribution in [-0.2, 0) is 0 Å². The van der Waals surface area contributed by atoms with Gasteiger partial charge in [-0.3, -0.25) is 0 Å². The minimum Gasteiger partial charge on any atom is -0.398 e. The first-order chi connectivity index (χ1) is 6.43. The molecule has 78 valence electrons. The fraction of sp³-hybridized carbons (Fsp3) is 0.500. The monoisotopic (exact) mass is 255 g/mol. The van der Waals surface area contributed by atoms with E-state index in [9.17, 15) is 0 Å². The highest BCUT2D eigenvalue weighted by Gasteiger charge is 2.10. The first kappa shape index (κ1) is 11.6. The Morgan fingerprint density at radius 3 is 1.93 bits per heavy atom. The third kappa shape index (κ3) is 2.30. The van der Waals surface area contributed by atoms with Gasteiger partial charge in [0.05, 0.1) is 0 Å². The number of benzene rings is 1. The third-order valence-electron chi connectivity index (χ3n) is 2.45. The molecule has 0 saturated heterocycles. The predicted molar refractivity (Wildman–Crippen MR) is 66.7 cm³/mol. The molecule has 0 aliphatic rings. The molecule has 0 heterocycles. The maximum Gasteiger partial charge on any atom is 0.0352 e. The van der Waals surface area contributed by atoms with E-state index in [1.54, 1.807) is 0 Å². The number of hydrogen-bond donors (Lipinski definition) is 1. The lowest BCUT2D eigenvalue weighted by Crippen LogP contribution is -2.00. The first-order valence-corrected chi connectivity index (χ1v) is 5.81. The normalized spacial score (nSPS) is 11.4. The molecule has 2 heteroatoms. The summed E-state index contributed by atoms with van der Waals surface area (Å²) in [5.74, 6) is 0.986. The van der Waals surface area contributed by atoms with Crippen LogP contribution in [0.25, 0.3) is 0 Å². The van der Waals surface area contributed by atoms with Crippen LogP contribution in [0.1, 0.15) is 50.7 Å². The lowest BCUT2D eigenvalue weighted by atomic mass is 9.95. The molecule has 0 saturated carbocycles. The summed E-state index contributed by atoms with van der Waals surface area (Å²) in [4.78, 5) is 0. The van der Waals surface area contributed by atoms with Gasteiger partial charge in [0.15, 0.2) is 0 Å². The van der Waals surface area contributed by atoms with Crippen LogP contribution < -0.4 is 5.73 Å². The topological polar surface area (TPSA) is 26.0 Å². The average Bonchev–Trinajstić information content (AvgIpc) is 2.07. The van der Waals surface area contributed by atoms with E-state index in [1.165, 1.54) is 15.6 Å². The molecule has 14 heavy (non-hydrogen) atoms. The number of halogens is 1. The molecule has 1 aromatic carbocycles. The van der Waals surface area contributed by atoms with Crippen LogP contribution in [0.3, 0.4) is 0 Å². The van der Waals surface area contributed by atoms with Crippen LogP contribution in [0.4, 0.5) is 5.69 Å². The molecule has 1 aromatic rings. The maximum absolute atomic E-state index is 6.01. The SMILES string of the molecule is CC(C)c1cc(Br)c(C(C)C)cc1N. The van der Waals surface area contributed by atoms with Crippen LogP contribution in [0.2, 0.25) is 0 Å². The Morgan fingerprint density at radius 2 is 1.50 bits per heavy atom. The summed E-state index contributed by atoms with van der Waals surface area (Å²) in [5, 5.41) is 0. The molecule has 0 atom stereocenters. The van der Waals surface area contributed by atoms with Gasteiger partial charge in [-0.2, -0.15) is 0 Å². The zero-order chi connectivity index (χ0) is 10.9. The van der Waals surface area contributed by atoms with Crippen molar-refractivity contribution in [1.29, 1.82) is 0 Å². The minimum absolute atomic E-state index is 0.479. The smallest absolute Gasteiger partial charge is 0.0352 e. The highest BCUT2D eigenvalue weighted by molar-refractivity contribution is 9.10. The van der Waals surface area contributed by atoms with E-state index in [1.807, 2.05) is 0 Å². The van der Waals surface area contributed by atoms with Crippen molar-refractivity contribution in [1.82, 2.24) is 0 Å². The molecule has 0 unspecified atom stereocenters. The van der Waals surface area contributed by atoms with Crippen molar-refractivity contribution < 1.29 is 0 Å². The summed E-state index contributed by atoms with van der Waals surface area (Å²) in [6.07, 6.45) is 0. The largest absolute Gasteiger partial charge is 0.398 e. The Labute approximate surface area is 94.8 Å². The highest BCUT2D eigenvalue weighted by atomic mass is 79.9. The third-order valence-corrected chi connectivity index (χ3v) is 3.13. The molecule has 0 radical (unpaired) electrons. The Morgan fingerprint density at radius 1 is 1.00 bits per heavy atom. The maximum atomic E-state index is 6.01. The van der Waals surface area contributed by atoms with E-state index in [2.05, 4.69) is 55.8 Å². The van der Waals surface area contributed by atoms with Crippen molar-refractivity contribution in [2.24, 2.45) is 0 Å². The second-order valence-corrected chi connectivity index (χ2v) is 5.17. The van der Waals surface area contributed by atoms with E-state index in [4.69, 9.17) is 5.73 Å². The Hall–Kier alpha value is -0.500. The van der Waals surface area contributed by atoms with Gasteiger partial charge in [-0.1, -0.05) is 43.6 Å². The molecule has 0 fully saturated rings. The van der Waals surface area contributed by atoms with Crippen molar-refractivity contribution in [3.05, 3.63) is 27.7 Å². The van der Waals surface area contributed by atoms with Crippen LogP contribution in [0.5, 0.6) is 0 Å². The molecule has 0 spiro atoms. The van der Waals surface area contributed by atoms with Crippen molar-refractivity contribution in [2.45, 2.75) is 39.5 Å². The molecule has 0 aliphatic carbocycles. The molecule has 2 N–H and O–H groups in total. The zero-order valence-corrected chi connectivity index (χ0v) is 10.9. The minimum atomic E-state index is 0.479. The Balaban J connectivity index is 3.24. The Bertz CT molecular complexity index is 296. The number of hydrogen-bond acceptors (Lipinski definition) is 1. The highest BCUT2D eigenvalue weighted by Crippen LogP contribution is 2.32. The van der Waals surface area contributed by atoms with E-state index >= 15 is 0 Å². The Kier molecular flexibility index (Phi) is 3.59. The molecule has 0 bridgehead atoms. The van der Waals surface area contributed by atoms with Crippen molar-refractivity contribution in [2.75, 3.05) is 5.73 Å². The van der Waals surface area contributed by atoms with Gasteiger partial charge in [0.1, 0.15) is 0 Å². The van der Waals surface area contributed by atoms with Crippen LogP contribution >= 0.6 is 15.9 Å². The number of nitrogens with two attached hydrogens (primary N) is 1. The van der Waals surface area contributed by atoms with Gasteiger partial charge < -0.3 is 5.73 Å². The number of rotatable bonds is 2. The van der Waals surface area contributed by atoms with Gasteiger partial charge in [0.25, 0.3) is 0 Å². The summed E-state index contributed by atoms with van der Waals surface area (Å²) in [5.41, 5.74) is 9.42. The van der Waals surface area contributed by atoms with Gasteiger partial charge in [0, 0.05) is 10.2 Å². The van der Waals surface area contributed by atoms with Gasteiger partial charge in [0.2, 0.25) is 0 Å². The van der Waals surface area contributed by atoms with Gasteiger partial charge in [-0.05, 0) is 35.1 Å². The van der Waals surface area contributed by atoms with E-state index < -0.39 is 0 Å². The van der Waals surface area contributed by atoms with E-state index in [0.717, 1.165) is 5.69 Å². The summed E-state index contributed by atoms with van der Waals surface area (Å²) in [7, 11) is 0. The lowest BCUT2D eigenvalue weighted by molar-refractivity contribution is 0.842. The van der Waals surface area contributed by atoms with Gasteiger partial charge >= 0.3 is 0 Å². The predicted octanol–water partition coefficient (Wildman–Crippen LogP) is 4.28. The van der Waals surface area contributed by atoms with Crippen molar-refractivity contribution >= 4 is 21.6 Å². The van der Waals surface area contributed by atoms with E-state index in [-0.39, 0.29) is 0 Å². The number of anilines is 1. The molecule has 0 aromatic heterocycles. The fourth-order valence-corrected chi connectivity index (χ4v) is 2.38. The molecule has 1 rings (SSSR count). The summed E-state index contributed by atoms with van der Waals surface area (Å²) < 4.78 is 1.17. The summed E-state index contributed by atoms with van der Waals surface area (Å²) in [6, 6.07) is 4.24. The lowest BCUT2D eigenvalue weighted by Gasteiger charge is -2.15. The molecule has 0 amide bonds. The molecule has 1 nitrogen and oxygen atoms in total. The zero-order valence-electron chi connectivity index (χ0n) is 9.26. The number of nitrogen functional groups attached to an aromatic ring is 1. The summed E-state index contributed by atoms with van der Waals surface area (Å²) >= 11 is 3.59. The van der Waals surface area contributed by atoms with Crippen LogP contribution in [-0.4, -0.2) is 0 Å². The van der Waals surface area contributed by atoms with Gasteiger partial charge in [-0.25, -0.2) is 0 Å². The second kappa shape index (κ2) is 4.35. The van der Waals surface area contributed by atoms with E-state index in [0.29, 0.717) is 11.8 Å². The quantitative estimate of drug-likeness (QED) is 0.785. The van der Waals surface area contributed by atoms with Gasteiger partial charge in [-0.15, -0.1) is 0 Å². The molecular weight excluding hydrogens is 238 g/mol. The standard InChI is InChI=1S/C12H18BrN/c1-7(2)9-6-12(14)10(8(3)4)5-11(9)13/h5-8H,14H2,1-4H3. The summed E-state index contributed by atoms with van der Waals surface area (Å²) in [6.45, 7) is 8.67. The first-order valence-electron chi connectivity index (χ1n) is 5.02. The average molecular weight is 256 g/mol. The van der Waals surface area contributed by atoms with Crippen molar-refractivity contribution in [3.8, 4) is 0 Å². The second-order valence-electron chi connectivity index (χ2n) is 4.31. The molecule has 0 aliphatic heterocycles. The fourth-order valence-electron chi connectivity index (χ4n) is 1.57. The van der Waals surface area contributed by atoms with Crippen LogP contribution in [0, 0.1) is 0 Å². The van der Waals surface area contributed by atoms with Crippen LogP contribution in [0.15, 0.2) is 16.6 Å². The van der Waals surface area contributed by atoms with Crippen molar-refractivity contribution in [3.63, 3.8) is 0 Å².